The number of halogens is 1. The Bertz CT molecular complexity index is 845. The maximum absolute atomic E-state index is 13.7. The van der Waals surface area contributed by atoms with E-state index >= 15 is 0 Å². The van der Waals surface area contributed by atoms with Crippen LogP contribution in [-0.2, 0) is 6.54 Å². The highest BCUT2D eigenvalue weighted by Gasteiger charge is 2.08. The summed E-state index contributed by atoms with van der Waals surface area (Å²) in [6.07, 6.45) is 3.65. The summed E-state index contributed by atoms with van der Waals surface area (Å²) in [4.78, 5) is 0. The lowest BCUT2D eigenvalue weighted by Crippen LogP contribution is -2.02. The van der Waals surface area contributed by atoms with Gasteiger partial charge in [-0.1, -0.05) is 6.07 Å². The number of nitrogens with one attached hydrogen (secondary N) is 1. The van der Waals surface area contributed by atoms with Gasteiger partial charge in [0.1, 0.15) is 5.82 Å². The third kappa shape index (κ3) is 2.43. The van der Waals surface area contributed by atoms with Crippen LogP contribution in [0.4, 0.5) is 10.1 Å². The SMILES string of the molecule is Cc1c(F)cc(C#N)cc1NCc1cnn2ccccc12. The smallest absolute Gasteiger partial charge is 0.129 e. The van der Waals surface area contributed by atoms with Gasteiger partial charge in [0.05, 0.1) is 23.3 Å². The Balaban J connectivity index is 1.88. The topological polar surface area (TPSA) is 53.1 Å². The predicted molar refractivity (Wildman–Crippen MR) is 78.4 cm³/mol. The average molecular weight is 280 g/mol. The van der Waals surface area contributed by atoms with E-state index in [1.54, 1.807) is 23.7 Å². The first-order valence-electron chi connectivity index (χ1n) is 6.54. The van der Waals surface area contributed by atoms with Gasteiger partial charge in [0.25, 0.3) is 0 Å². The highest BCUT2D eigenvalue weighted by molar-refractivity contribution is 5.59. The van der Waals surface area contributed by atoms with Gasteiger partial charge in [-0.15, -0.1) is 0 Å². The fourth-order valence-electron chi connectivity index (χ4n) is 2.24. The van der Waals surface area contributed by atoms with Crippen molar-refractivity contribution in [1.82, 2.24) is 9.61 Å². The Hall–Kier alpha value is -2.87. The van der Waals surface area contributed by atoms with E-state index < -0.39 is 0 Å². The molecule has 5 heteroatoms. The zero-order valence-corrected chi connectivity index (χ0v) is 11.5. The quantitative estimate of drug-likeness (QED) is 0.801. The van der Waals surface area contributed by atoms with Crippen LogP contribution < -0.4 is 5.32 Å². The van der Waals surface area contributed by atoms with Gasteiger partial charge in [-0.05, 0) is 31.2 Å². The van der Waals surface area contributed by atoms with Crippen LogP contribution in [0.5, 0.6) is 0 Å². The van der Waals surface area contributed by atoms with Crippen LogP contribution in [0, 0.1) is 24.1 Å². The second-order valence-corrected chi connectivity index (χ2v) is 4.80. The number of nitrogens with zero attached hydrogens (tertiary/aromatic N) is 3. The minimum absolute atomic E-state index is 0.306. The molecule has 2 aromatic heterocycles. The van der Waals surface area contributed by atoms with Gasteiger partial charge >= 0.3 is 0 Å². The van der Waals surface area contributed by atoms with Crippen molar-refractivity contribution in [2.24, 2.45) is 0 Å². The molecule has 0 atom stereocenters. The van der Waals surface area contributed by atoms with E-state index in [4.69, 9.17) is 5.26 Å². The number of hydrogen-bond acceptors (Lipinski definition) is 3. The Kier molecular flexibility index (Phi) is 3.28. The van der Waals surface area contributed by atoms with Gasteiger partial charge in [-0.25, -0.2) is 8.91 Å². The van der Waals surface area contributed by atoms with Crippen LogP contribution in [0.25, 0.3) is 5.52 Å². The molecule has 0 aliphatic rings. The summed E-state index contributed by atoms with van der Waals surface area (Å²) in [5.74, 6) is -0.378. The molecule has 0 aliphatic heterocycles. The van der Waals surface area contributed by atoms with Crippen molar-refractivity contribution >= 4 is 11.2 Å². The van der Waals surface area contributed by atoms with E-state index in [1.165, 1.54) is 6.07 Å². The van der Waals surface area contributed by atoms with Crippen LogP contribution in [-0.4, -0.2) is 9.61 Å². The summed E-state index contributed by atoms with van der Waals surface area (Å²) in [5.41, 5.74) is 3.45. The molecule has 21 heavy (non-hydrogen) atoms. The molecule has 2 heterocycles. The van der Waals surface area contributed by atoms with Crippen LogP contribution >= 0.6 is 0 Å². The van der Waals surface area contributed by atoms with E-state index in [1.807, 2.05) is 30.5 Å². The normalized spacial score (nSPS) is 10.5. The molecule has 0 unspecified atom stereocenters. The first-order chi connectivity index (χ1) is 10.2. The summed E-state index contributed by atoms with van der Waals surface area (Å²) in [5, 5.41) is 16.3. The maximum Gasteiger partial charge on any atom is 0.129 e. The molecular weight excluding hydrogens is 267 g/mol. The number of fused-ring (bicyclic) bond motifs is 1. The van der Waals surface area contributed by atoms with Gasteiger partial charge in [-0.3, -0.25) is 0 Å². The molecule has 1 N–H and O–H groups in total. The molecule has 0 bridgehead atoms. The monoisotopic (exact) mass is 280 g/mol. The minimum atomic E-state index is -0.378. The van der Waals surface area contributed by atoms with Crippen molar-refractivity contribution in [3.8, 4) is 6.07 Å². The summed E-state index contributed by atoms with van der Waals surface area (Å²) >= 11 is 0. The van der Waals surface area contributed by atoms with Crippen molar-refractivity contribution in [2.75, 3.05) is 5.32 Å². The van der Waals surface area contributed by atoms with Crippen LogP contribution in [0.2, 0.25) is 0 Å². The molecule has 104 valence electrons. The van der Waals surface area contributed by atoms with Gasteiger partial charge in [-0.2, -0.15) is 10.4 Å². The number of benzene rings is 1. The largest absolute Gasteiger partial charge is 0.380 e. The number of anilines is 1. The molecule has 3 rings (SSSR count). The second-order valence-electron chi connectivity index (χ2n) is 4.80. The number of nitriles is 1. The molecule has 1 aromatic carbocycles. The highest BCUT2D eigenvalue weighted by Crippen LogP contribution is 2.21. The van der Waals surface area contributed by atoms with Crippen molar-refractivity contribution in [3.63, 3.8) is 0 Å². The summed E-state index contributed by atoms with van der Waals surface area (Å²) < 4.78 is 15.5. The lowest BCUT2D eigenvalue weighted by Gasteiger charge is -2.10. The van der Waals surface area contributed by atoms with E-state index in [9.17, 15) is 4.39 Å². The second kappa shape index (κ2) is 5.25. The Morgan fingerprint density at radius 1 is 1.38 bits per heavy atom. The zero-order valence-electron chi connectivity index (χ0n) is 11.5. The lowest BCUT2D eigenvalue weighted by atomic mass is 10.1. The van der Waals surface area contributed by atoms with Gasteiger partial charge in [0, 0.05) is 29.6 Å². The van der Waals surface area contributed by atoms with Gasteiger partial charge < -0.3 is 5.32 Å². The number of hydrogen-bond donors (Lipinski definition) is 1. The van der Waals surface area contributed by atoms with Crippen molar-refractivity contribution in [2.45, 2.75) is 13.5 Å². The number of pyridine rings is 1. The van der Waals surface area contributed by atoms with Crippen molar-refractivity contribution < 1.29 is 4.39 Å². The average Bonchev–Trinajstić information content (AvgIpc) is 2.92. The first kappa shape index (κ1) is 13.1. The first-order valence-corrected chi connectivity index (χ1v) is 6.54. The summed E-state index contributed by atoms with van der Waals surface area (Å²) in [7, 11) is 0. The number of rotatable bonds is 3. The van der Waals surface area contributed by atoms with Crippen LogP contribution in [0.15, 0.2) is 42.7 Å². The molecule has 3 aromatic rings. The van der Waals surface area contributed by atoms with E-state index in [0.717, 1.165) is 11.1 Å². The highest BCUT2D eigenvalue weighted by atomic mass is 19.1. The molecule has 0 radical (unpaired) electrons. The van der Waals surface area contributed by atoms with E-state index in [-0.39, 0.29) is 5.82 Å². The third-order valence-corrected chi connectivity index (χ3v) is 3.45. The number of aromatic nitrogens is 2. The molecule has 0 fully saturated rings. The molecule has 0 saturated carbocycles. The van der Waals surface area contributed by atoms with Crippen LogP contribution in [0.1, 0.15) is 16.7 Å². The molecule has 0 saturated heterocycles. The fourth-order valence-corrected chi connectivity index (χ4v) is 2.24. The molecule has 0 aliphatic carbocycles. The molecule has 0 spiro atoms. The predicted octanol–water partition coefficient (Wildman–Crippen LogP) is 3.27. The minimum Gasteiger partial charge on any atom is -0.380 e. The Morgan fingerprint density at radius 3 is 3.05 bits per heavy atom. The Labute approximate surface area is 121 Å². The standard InChI is InChI=1S/C16H13FN4/c1-11-14(17)6-12(8-18)7-15(11)19-9-13-10-20-21-5-3-2-4-16(13)21/h2-7,10,19H,9H2,1H3. The van der Waals surface area contributed by atoms with Crippen molar-refractivity contribution in [1.29, 1.82) is 5.26 Å². The van der Waals surface area contributed by atoms with E-state index in [2.05, 4.69) is 10.4 Å². The molecule has 4 nitrogen and oxygen atoms in total. The fraction of sp³-hybridized carbons (Fsp3) is 0.125. The summed E-state index contributed by atoms with van der Waals surface area (Å²) in [6, 6.07) is 10.7. The van der Waals surface area contributed by atoms with Gasteiger partial charge in [0.2, 0.25) is 0 Å². The lowest BCUT2D eigenvalue weighted by molar-refractivity contribution is 0.618. The van der Waals surface area contributed by atoms with Crippen LogP contribution in [0.3, 0.4) is 0 Å². The third-order valence-electron chi connectivity index (χ3n) is 3.45. The summed E-state index contributed by atoms with van der Waals surface area (Å²) in [6.45, 7) is 2.21. The molecular formula is C16H13FN4. The maximum atomic E-state index is 13.7. The molecule has 0 amide bonds. The van der Waals surface area contributed by atoms with E-state index in [0.29, 0.717) is 23.4 Å². The van der Waals surface area contributed by atoms with Gasteiger partial charge in [0.15, 0.2) is 0 Å². The Morgan fingerprint density at radius 2 is 2.24 bits per heavy atom. The van der Waals surface area contributed by atoms with Crippen molar-refractivity contribution in [3.05, 3.63) is 65.2 Å². The zero-order chi connectivity index (χ0) is 14.8.